The predicted octanol–water partition coefficient (Wildman–Crippen LogP) is 10.5. The molecule has 1 amide bonds. The van der Waals surface area contributed by atoms with Crippen molar-refractivity contribution in [3.63, 3.8) is 0 Å². The van der Waals surface area contributed by atoms with E-state index in [4.69, 9.17) is 18.9 Å². The lowest BCUT2D eigenvalue weighted by molar-refractivity contribution is -0.359. The number of carbonyl (C=O) groups excluding carboxylic acids is 1. The molecule has 12 unspecified atom stereocenters. The molecule has 12 atom stereocenters. The highest BCUT2D eigenvalue weighted by molar-refractivity contribution is 5.76. The van der Waals surface area contributed by atoms with Gasteiger partial charge in [-0.2, -0.15) is 0 Å². The molecule has 2 rings (SSSR count). The first-order valence-electron chi connectivity index (χ1n) is 30.3. The minimum Gasteiger partial charge on any atom is -0.394 e. The van der Waals surface area contributed by atoms with Gasteiger partial charge in [-0.25, -0.2) is 0 Å². The van der Waals surface area contributed by atoms with Crippen molar-refractivity contribution in [1.29, 1.82) is 0 Å². The average Bonchev–Trinajstić information content (AvgIpc) is 3.44. The third kappa shape index (κ3) is 33.5. The monoisotopic (exact) mass is 1090 g/mol. The summed E-state index contributed by atoms with van der Waals surface area (Å²) in [6, 6.07) is -0.948. The Bertz CT molecular complexity index is 1610. The van der Waals surface area contributed by atoms with E-state index in [1.807, 2.05) is 6.08 Å². The van der Waals surface area contributed by atoms with Crippen LogP contribution in [0.25, 0.3) is 0 Å². The van der Waals surface area contributed by atoms with Crippen LogP contribution in [-0.4, -0.2) is 140 Å². The topological polar surface area (TPSA) is 228 Å². The Labute approximate surface area is 465 Å². The van der Waals surface area contributed by atoms with Crippen LogP contribution in [0.5, 0.6) is 0 Å². The smallest absolute Gasteiger partial charge is 0.220 e. The maximum Gasteiger partial charge on any atom is 0.220 e. The standard InChI is InChI=1S/C63H109NO13/c1-3-5-7-9-11-13-15-17-19-21-23-25-27-28-30-32-34-36-38-40-42-44-46-52(67)51(50-74-62-60(73)58(71)61(54(49-66)76-62)77-63-59(72)57(70)56(69)53(48-65)75-63)64-55(68)47-45-43-41-39-37-35-33-31-29-26-24-22-20-18-16-14-12-10-8-6-4-2/h6,8,12,14,18,20,24,26,28,30,36,38,44,46,51-54,56-63,65-67,69-73H,3-5,7,9-11,13,15-17,19,21-23,25,27,29,31-35,37,39-43,45,47-50H2,1-2H3,(H,64,68)/b8-6-,14-12-,20-18-,26-24-,30-28+,38-36+,46-44+. The molecule has 0 aromatic rings. The largest absolute Gasteiger partial charge is 0.394 e. The van der Waals surface area contributed by atoms with Gasteiger partial charge >= 0.3 is 0 Å². The van der Waals surface area contributed by atoms with Gasteiger partial charge in [0.05, 0.1) is 32.0 Å². The molecule has 0 bridgehead atoms. The molecule has 0 aromatic heterocycles. The summed E-state index contributed by atoms with van der Waals surface area (Å²) in [5.41, 5.74) is 0. The normalized spacial score (nSPS) is 25.3. The maximum atomic E-state index is 13.3. The van der Waals surface area contributed by atoms with Crippen molar-refractivity contribution in [2.75, 3.05) is 19.8 Å². The molecule has 14 nitrogen and oxygen atoms in total. The second-order valence-electron chi connectivity index (χ2n) is 21.1. The molecular formula is C63H109NO13. The lowest BCUT2D eigenvalue weighted by atomic mass is 9.97. The fourth-order valence-corrected chi connectivity index (χ4v) is 9.43. The van der Waals surface area contributed by atoms with E-state index in [-0.39, 0.29) is 18.9 Å². The van der Waals surface area contributed by atoms with E-state index in [0.29, 0.717) is 12.8 Å². The lowest BCUT2D eigenvalue weighted by Gasteiger charge is -2.46. The molecule has 0 saturated carbocycles. The van der Waals surface area contributed by atoms with Gasteiger partial charge in [-0.3, -0.25) is 4.79 Å². The number of hydrogen-bond donors (Lipinski definition) is 9. The summed E-state index contributed by atoms with van der Waals surface area (Å²) in [6.45, 7) is 2.65. The highest BCUT2D eigenvalue weighted by Gasteiger charge is 2.51. The summed E-state index contributed by atoms with van der Waals surface area (Å²) in [7, 11) is 0. The van der Waals surface area contributed by atoms with Crippen molar-refractivity contribution in [2.24, 2.45) is 0 Å². The lowest BCUT2D eigenvalue weighted by Crippen LogP contribution is -2.65. The van der Waals surface area contributed by atoms with E-state index in [1.165, 1.54) is 96.3 Å². The van der Waals surface area contributed by atoms with E-state index >= 15 is 0 Å². The van der Waals surface area contributed by atoms with Crippen molar-refractivity contribution in [2.45, 2.75) is 286 Å². The second kappa shape index (κ2) is 47.9. The predicted molar refractivity (Wildman–Crippen MR) is 309 cm³/mol. The number of nitrogens with one attached hydrogen (secondary N) is 1. The Balaban J connectivity index is 1.80. The van der Waals surface area contributed by atoms with Gasteiger partial charge in [0.1, 0.15) is 48.8 Å². The van der Waals surface area contributed by atoms with Crippen molar-refractivity contribution in [3.05, 3.63) is 85.1 Å². The van der Waals surface area contributed by atoms with Crippen LogP contribution in [-0.2, 0) is 23.7 Å². The molecule has 9 N–H and O–H groups in total. The third-order valence-corrected chi connectivity index (χ3v) is 14.3. The van der Waals surface area contributed by atoms with Gasteiger partial charge in [-0.15, -0.1) is 0 Å². The molecular weight excluding hydrogens is 979 g/mol. The zero-order valence-electron chi connectivity index (χ0n) is 47.7. The average molecular weight is 1090 g/mol. The van der Waals surface area contributed by atoms with Crippen LogP contribution in [0, 0.1) is 0 Å². The molecule has 2 saturated heterocycles. The Hall–Kier alpha value is -2.83. The van der Waals surface area contributed by atoms with Crippen LogP contribution < -0.4 is 5.32 Å². The van der Waals surface area contributed by atoms with Crippen molar-refractivity contribution in [1.82, 2.24) is 5.32 Å². The van der Waals surface area contributed by atoms with Crippen LogP contribution in [0.2, 0.25) is 0 Å². The van der Waals surface area contributed by atoms with Crippen molar-refractivity contribution < 1.29 is 64.6 Å². The van der Waals surface area contributed by atoms with E-state index in [1.54, 1.807) is 6.08 Å². The third-order valence-electron chi connectivity index (χ3n) is 14.3. The number of rotatable bonds is 47. The summed E-state index contributed by atoms with van der Waals surface area (Å²) in [5.74, 6) is -0.265. The quantitative estimate of drug-likeness (QED) is 0.0204. The highest BCUT2D eigenvalue weighted by Crippen LogP contribution is 2.30. The van der Waals surface area contributed by atoms with Crippen molar-refractivity contribution in [3.8, 4) is 0 Å². The Morgan fingerprint density at radius 2 is 0.909 bits per heavy atom. The van der Waals surface area contributed by atoms with Gasteiger partial charge in [-0.1, -0.05) is 208 Å². The van der Waals surface area contributed by atoms with E-state index in [0.717, 1.165) is 83.5 Å². The number of unbranched alkanes of at least 4 members (excludes halogenated alkanes) is 22. The highest BCUT2D eigenvalue weighted by atomic mass is 16.7. The number of carbonyl (C=O) groups is 1. The van der Waals surface area contributed by atoms with Gasteiger partial charge in [-0.05, 0) is 83.5 Å². The van der Waals surface area contributed by atoms with Gasteiger partial charge in [0, 0.05) is 6.42 Å². The zero-order chi connectivity index (χ0) is 56.0. The first-order valence-corrected chi connectivity index (χ1v) is 30.3. The fourth-order valence-electron chi connectivity index (χ4n) is 9.43. The number of aliphatic hydroxyl groups is 8. The molecule has 14 heteroatoms. The second-order valence-corrected chi connectivity index (χ2v) is 21.1. The number of hydrogen-bond acceptors (Lipinski definition) is 13. The fraction of sp³-hybridized carbons (Fsp3) is 0.762. The Kier molecular flexibility index (Phi) is 43.7. The molecule has 77 heavy (non-hydrogen) atoms. The van der Waals surface area contributed by atoms with E-state index in [9.17, 15) is 45.6 Å². The van der Waals surface area contributed by atoms with Crippen LogP contribution in [0.15, 0.2) is 85.1 Å². The molecule has 2 fully saturated rings. The molecule has 0 aromatic carbocycles. The minimum absolute atomic E-state index is 0.256. The van der Waals surface area contributed by atoms with Gasteiger partial charge in [0.2, 0.25) is 5.91 Å². The zero-order valence-corrected chi connectivity index (χ0v) is 47.7. The number of ether oxygens (including phenoxy) is 4. The Morgan fingerprint density at radius 1 is 0.481 bits per heavy atom. The summed E-state index contributed by atoms with van der Waals surface area (Å²) < 4.78 is 22.8. The molecule has 444 valence electrons. The minimum atomic E-state index is -1.80. The van der Waals surface area contributed by atoms with Crippen LogP contribution in [0.1, 0.15) is 213 Å². The first-order chi connectivity index (χ1) is 37.6. The summed E-state index contributed by atoms with van der Waals surface area (Å²) in [4.78, 5) is 13.3. The number of amides is 1. The van der Waals surface area contributed by atoms with E-state index in [2.05, 4.69) is 92.1 Å². The maximum absolute atomic E-state index is 13.3. The molecule has 2 aliphatic rings. The molecule has 2 heterocycles. The number of aliphatic hydroxyl groups excluding tert-OH is 8. The molecule has 2 aliphatic heterocycles. The van der Waals surface area contributed by atoms with Gasteiger partial charge < -0.3 is 65.1 Å². The number of allylic oxidation sites excluding steroid dienone is 13. The molecule has 0 spiro atoms. The molecule has 0 aliphatic carbocycles. The molecule has 0 radical (unpaired) electrons. The summed E-state index contributed by atoms with van der Waals surface area (Å²) >= 11 is 0. The van der Waals surface area contributed by atoms with Crippen LogP contribution in [0.3, 0.4) is 0 Å². The van der Waals surface area contributed by atoms with Crippen LogP contribution >= 0.6 is 0 Å². The SMILES string of the molecule is CC/C=C\C/C=C\C/C=C\C/C=C\CCCCCCCCCCC(=O)NC(COC1OC(CO)C(OC2OC(CO)C(O)C(O)C2O)C(O)C1O)C(O)/C=C/CC/C=C/CC/C=C/CCCCCCCCCCCCCC. The van der Waals surface area contributed by atoms with E-state index < -0.39 is 86.8 Å². The Morgan fingerprint density at radius 3 is 1.43 bits per heavy atom. The summed E-state index contributed by atoms with van der Waals surface area (Å²) in [5, 5.41) is 87.1. The first kappa shape index (κ1) is 70.3. The summed E-state index contributed by atoms with van der Waals surface area (Å²) in [6.07, 6.45) is 47.6. The van der Waals surface area contributed by atoms with Gasteiger partial charge in [0.25, 0.3) is 0 Å². The van der Waals surface area contributed by atoms with Crippen LogP contribution in [0.4, 0.5) is 0 Å². The van der Waals surface area contributed by atoms with Crippen molar-refractivity contribution >= 4 is 5.91 Å². The van der Waals surface area contributed by atoms with Gasteiger partial charge in [0.15, 0.2) is 12.6 Å².